The minimum Gasteiger partial charge on any atom is -0.315 e. The molecule has 2 aromatic carbocycles. The summed E-state index contributed by atoms with van der Waals surface area (Å²) in [6, 6.07) is 10.7. The Morgan fingerprint density at radius 3 is 2.36 bits per heavy atom. The predicted molar refractivity (Wildman–Crippen MR) is 131 cm³/mol. The highest BCUT2D eigenvalue weighted by molar-refractivity contribution is 9.10. The summed E-state index contributed by atoms with van der Waals surface area (Å²) in [7, 11) is 0. The largest absolute Gasteiger partial charge is 0.335 e. The molecule has 1 N–H and O–H groups in total. The third-order valence-electron chi connectivity index (χ3n) is 5.42. The van der Waals surface area contributed by atoms with Gasteiger partial charge in [-0.15, -0.1) is 0 Å². The van der Waals surface area contributed by atoms with Crippen LogP contribution in [0.3, 0.4) is 0 Å². The summed E-state index contributed by atoms with van der Waals surface area (Å²) in [5.41, 5.74) is 3.26. The van der Waals surface area contributed by atoms with Crippen LogP contribution in [0.4, 0.5) is 14.9 Å². The monoisotopic (exact) mass is 573 g/mol. The van der Waals surface area contributed by atoms with Gasteiger partial charge in [0, 0.05) is 20.3 Å². The molecule has 168 valence electrons. The number of rotatable bonds is 3. The number of carbonyl (C=O) groups is 3. The Balaban J connectivity index is 1.78. The maximum atomic E-state index is 14.6. The lowest BCUT2D eigenvalue weighted by Crippen LogP contribution is -2.54. The van der Waals surface area contributed by atoms with Gasteiger partial charge in [-0.05, 0) is 80.4 Å². The molecule has 6 nitrogen and oxygen atoms in total. The average Bonchev–Trinajstić information content (AvgIpc) is 3.01. The molecule has 1 aliphatic heterocycles. The van der Waals surface area contributed by atoms with Crippen molar-refractivity contribution in [3.63, 3.8) is 0 Å². The van der Waals surface area contributed by atoms with Crippen molar-refractivity contribution in [2.75, 3.05) is 4.90 Å². The molecular formula is C24H18Br2FN3O3. The second kappa shape index (κ2) is 8.72. The first-order valence-corrected chi connectivity index (χ1v) is 11.5. The van der Waals surface area contributed by atoms with E-state index in [2.05, 4.69) is 37.2 Å². The summed E-state index contributed by atoms with van der Waals surface area (Å²) in [5, 5.41) is 2.23. The number of halogens is 3. The van der Waals surface area contributed by atoms with E-state index < -0.39 is 23.7 Å². The first-order valence-electron chi connectivity index (χ1n) is 9.90. The van der Waals surface area contributed by atoms with E-state index in [4.69, 9.17) is 0 Å². The molecule has 0 bridgehead atoms. The Hall–Kier alpha value is -3.04. The SMILES string of the molecule is Cc1cc(N2C(=O)NC(=O)/C(=C\c3cc(C)n(-c4ccc(Br)cc4F)c3C)C2=O)ccc1Br. The van der Waals surface area contributed by atoms with Gasteiger partial charge < -0.3 is 4.57 Å². The fourth-order valence-corrected chi connectivity index (χ4v) is 4.36. The average molecular weight is 575 g/mol. The molecule has 2 heterocycles. The molecule has 0 spiro atoms. The zero-order chi connectivity index (χ0) is 24.0. The highest BCUT2D eigenvalue weighted by atomic mass is 79.9. The van der Waals surface area contributed by atoms with Crippen molar-refractivity contribution in [2.24, 2.45) is 0 Å². The van der Waals surface area contributed by atoms with Crippen molar-refractivity contribution >= 4 is 61.5 Å². The van der Waals surface area contributed by atoms with Crippen molar-refractivity contribution in [3.05, 3.63) is 85.3 Å². The quantitative estimate of drug-likeness (QED) is 0.321. The fraction of sp³-hybridized carbons (Fsp3) is 0.125. The Morgan fingerprint density at radius 1 is 0.970 bits per heavy atom. The lowest BCUT2D eigenvalue weighted by molar-refractivity contribution is -0.122. The van der Waals surface area contributed by atoms with Crippen LogP contribution in [0.5, 0.6) is 0 Å². The number of aryl methyl sites for hydroxylation is 2. The van der Waals surface area contributed by atoms with Crippen LogP contribution in [-0.4, -0.2) is 22.4 Å². The van der Waals surface area contributed by atoms with Gasteiger partial charge in [0.15, 0.2) is 0 Å². The predicted octanol–water partition coefficient (Wildman–Crippen LogP) is 5.73. The molecule has 4 amide bonds. The molecular weight excluding hydrogens is 557 g/mol. The molecule has 0 atom stereocenters. The van der Waals surface area contributed by atoms with Crippen LogP contribution in [0.25, 0.3) is 11.8 Å². The molecule has 3 aromatic rings. The Bertz CT molecular complexity index is 1380. The van der Waals surface area contributed by atoms with Crippen molar-refractivity contribution in [1.29, 1.82) is 0 Å². The fourth-order valence-electron chi connectivity index (χ4n) is 3.78. The van der Waals surface area contributed by atoms with E-state index in [-0.39, 0.29) is 5.57 Å². The lowest BCUT2D eigenvalue weighted by Gasteiger charge is -2.26. The van der Waals surface area contributed by atoms with Crippen LogP contribution in [0, 0.1) is 26.6 Å². The van der Waals surface area contributed by atoms with Crippen molar-refractivity contribution in [3.8, 4) is 5.69 Å². The summed E-state index contributed by atoms with van der Waals surface area (Å²) in [4.78, 5) is 39.2. The minimum atomic E-state index is -0.814. The summed E-state index contributed by atoms with van der Waals surface area (Å²) < 4.78 is 17.8. The Labute approximate surface area is 206 Å². The van der Waals surface area contributed by atoms with Gasteiger partial charge in [-0.1, -0.05) is 31.9 Å². The van der Waals surface area contributed by atoms with Gasteiger partial charge in [0.25, 0.3) is 11.8 Å². The van der Waals surface area contributed by atoms with Gasteiger partial charge in [0.05, 0.1) is 11.4 Å². The summed E-state index contributed by atoms with van der Waals surface area (Å²) >= 11 is 6.65. The van der Waals surface area contributed by atoms with Gasteiger partial charge in [-0.25, -0.2) is 14.1 Å². The molecule has 4 rings (SSSR count). The van der Waals surface area contributed by atoms with Crippen LogP contribution in [0.2, 0.25) is 0 Å². The van der Waals surface area contributed by atoms with E-state index in [9.17, 15) is 18.8 Å². The maximum Gasteiger partial charge on any atom is 0.335 e. The van der Waals surface area contributed by atoms with E-state index in [0.717, 1.165) is 20.6 Å². The van der Waals surface area contributed by atoms with Crippen LogP contribution < -0.4 is 10.2 Å². The standard InChI is InChI=1S/C24H18Br2FN3O3/c1-12-8-17(5-6-19(12)26)30-23(32)18(22(31)28-24(30)33)10-15-9-13(2)29(14(15)3)21-7-4-16(25)11-20(21)27/h4-11H,1-3H3,(H,28,31,33)/b18-10+. The normalized spacial score (nSPS) is 15.4. The van der Waals surface area contributed by atoms with Crippen LogP contribution in [0.1, 0.15) is 22.5 Å². The van der Waals surface area contributed by atoms with Gasteiger partial charge in [-0.2, -0.15) is 0 Å². The second-order valence-electron chi connectivity index (χ2n) is 7.65. The highest BCUT2D eigenvalue weighted by Gasteiger charge is 2.37. The third kappa shape index (κ3) is 4.18. The number of barbiturate groups is 1. The summed E-state index contributed by atoms with van der Waals surface area (Å²) in [6.07, 6.45) is 1.43. The number of carbonyl (C=O) groups excluding carboxylic acids is 3. The second-order valence-corrected chi connectivity index (χ2v) is 9.42. The molecule has 33 heavy (non-hydrogen) atoms. The highest BCUT2D eigenvalue weighted by Crippen LogP contribution is 2.29. The van der Waals surface area contributed by atoms with Crippen molar-refractivity contribution in [2.45, 2.75) is 20.8 Å². The Morgan fingerprint density at radius 2 is 1.70 bits per heavy atom. The number of benzene rings is 2. The van der Waals surface area contributed by atoms with Gasteiger partial charge in [-0.3, -0.25) is 14.9 Å². The molecule has 1 aromatic heterocycles. The molecule has 0 saturated carbocycles. The zero-order valence-electron chi connectivity index (χ0n) is 17.9. The number of imide groups is 2. The summed E-state index contributed by atoms with van der Waals surface area (Å²) in [5.74, 6) is -1.93. The molecule has 0 aliphatic carbocycles. The number of anilines is 1. The molecule has 9 heteroatoms. The van der Waals surface area contributed by atoms with E-state index in [0.29, 0.717) is 27.1 Å². The number of nitrogens with zero attached hydrogens (tertiary/aromatic N) is 2. The number of amides is 4. The van der Waals surface area contributed by atoms with Crippen molar-refractivity contribution < 1.29 is 18.8 Å². The summed E-state index contributed by atoms with van der Waals surface area (Å²) in [6.45, 7) is 5.41. The number of nitrogens with one attached hydrogen (secondary N) is 1. The molecule has 0 unspecified atom stereocenters. The molecule has 1 fully saturated rings. The number of urea groups is 1. The van der Waals surface area contributed by atoms with Crippen LogP contribution in [0.15, 0.2) is 57.0 Å². The third-order valence-corrected chi connectivity index (χ3v) is 6.81. The minimum absolute atomic E-state index is 0.188. The van der Waals surface area contributed by atoms with Gasteiger partial charge in [0.2, 0.25) is 0 Å². The van der Waals surface area contributed by atoms with E-state index >= 15 is 0 Å². The topological polar surface area (TPSA) is 71.4 Å². The molecule has 0 radical (unpaired) electrons. The van der Waals surface area contributed by atoms with Gasteiger partial charge >= 0.3 is 6.03 Å². The smallest absolute Gasteiger partial charge is 0.315 e. The van der Waals surface area contributed by atoms with E-state index in [1.807, 2.05) is 6.92 Å². The zero-order valence-corrected chi connectivity index (χ0v) is 21.0. The first kappa shape index (κ1) is 23.1. The lowest BCUT2D eigenvalue weighted by atomic mass is 10.1. The first-order chi connectivity index (χ1) is 15.6. The molecule has 1 aliphatic rings. The van der Waals surface area contributed by atoms with E-state index in [1.165, 1.54) is 12.1 Å². The van der Waals surface area contributed by atoms with Gasteiger partial charge in [0.1, 0.15) is 11.4 Å². The Kier molecular flexibility index (Phi) is 6.11. The number of hydrogen-bond donors (Lipinski definition) is 1. The van der Waals surface area contributed by atoms with E-state index in [1.54, 1.807) is 54.8 Å². The molecule has 1 saturated heterocycles. The maximum absolute atomic E-state index is 14.6. The number of aromatic nitrogens is 1. The number of hydrogen-bond acceptors (Lipinski definition) is 3. The van der Waals surface area contributed by atoms with Crippen molar-refractivity contribution in [1.82, 2.24) is 9.88 Å². The van der Waals surface area contributed by atoms with Crippen LogP contribution in [-0.2, 0) is 9.59 Å². The van der Waals surface area contributed by atoms with Crippen LogP contribution >= 0.6 is 31.9 Å².